The first-order valence-corrected chi connectivity index (χ1v) is 7.53. The molecule has 2 aliphatic rings. The van der Waals surface area contributed by atoms with Crippen molar-refractivity contribution in [3.05, 3.63) is 29.3 Å². The predicted molar refractivity (Wildman–Crippen MR) is 80.7 cm³/mol. The third-order valence-electron chi connectivity index (χ3n) is 4.24. The van der Waals surface area contributed by atoms with Crippen molar-refractivity contribution in [2.24, 2.45) is 11.7 Å². The van der Waals surface area contributed by atoms with Gasteiger partial charge in [0.05, 0.1) is 6.54 Å². The molecular weight excluding hydrogens is 250 g/mol. The summed E-state index contributed by atoms with van der Waals surface area (Å²) < 4.78 is 0. The maximum atomic E-state index is 11.9. The molecule has 0 saturated heterocycles. The number of nitrogens with zero attached hydrogens (tertiary/aromatic N) is 1. The van der Waals surface area contributed by atoms with Gasteiger partial charge in [0.15, 0.2) is 0 Å². The Labute approximate surface area is 120 Å². The van der Waals surface area contributed by atoms with Crippen molar-refractivity contribution in [1.29, 1.82) is 0 Å². The largest absolute Gasteiger partial charge is 0.362 e. The number of amides is 1. The minimum atomic E-state index is 0.0659. The number of nitrogens with two attached hydrogens (primary N) is 1. The predicted octanol–water partition coefficient (Wildman–Crippen LogP) is 1.59. The summed E-state index contributed by atoms with van der Waals surface area (Å²) in [7, 11) is 0. The van der Waals surface area contributed by atoms with Crippen molar-refractivity contribution < 1.29 is 4.79 Å². The second kappa shape index (κ2) is 5.44. The maximum absolute atomic E-state index is 11.9. The molecule has 1 aliphatic carbocycles. The van der Waals surface area contributed by atoms with Crippen LogP contribution in [0.25, 0.3) is 0 Å². The van der Waals surface area contributed by atoms with Crippen LogP contribution in [0.5, 0.6) is 0 Å². The Kier molecular flexibility index (Phi) is 3.66. The average Bonchev–Trinajstić information content (AvgIpc) is 3.18. The summed E-state index contributed by atoms with van der Waals surface area (Å²) in [4.78, 5) is 14.1. The zero-order valence-electron chi connectivity index (χ0n) is 12.1. The number of hydrogen-bond donors (Lipinski definition) is 2. The Bertz CT molecular complexity index is 508. The van der Waals surface area contributed by atoms with Crippen LogP contribution in [0, 0.1) is 5.92 Å². The third-order valence-corrected chi connectivity index (χ3v) is 4.24. The Morgan fingerprint density at radius 2 is 2.30 bits per heavy atom. The highest BCUT2D eigenvalue weighted by Crippen LogP contribution is 2.30. The molecule has 0 aromatic heterocycles. The van der Waals surface area contributed by atoms with Gasteiger partial charge in [-0.05, 0) is 49.3 Å². The van der Waals surface area contributed by atoms with E-state index in [-0.39, 0.29) is 11.9 Å². The van der Waals surface area contributed by atoms with Crippen LogP contribution in [0.4, 0.5) is 5.69 Å². The molecule has 3 N–H and O–H groups in total. The van der Waals surface area contributed by atoms with Crippen LogP contribution in [0.15, 0.2) is 18.2 Å². The molecule has 0 spiro atoms. The van der Waals surface area contributed by atoms with Crippen LogP contribution < -0.4 is 16.0 Å². The van der Waals surface area contributed by atoms with E-state index in [1.165, 1.54) is 29.7 Å². The molecule has 4 nitrogen and oxygen atoms in total. The fourth-order valence-corrected chi connectivity index (χ4v) is 2.75. The summed E-state index contributed by atoms with van der Waals surface area (Å²) in [5, 5.41) is 3.03. The van der Waals surface area contributed by atoms with Crippen LogP contribution >= 0.6 is 0 Å². The molecule has 0 bridgehead atoms. The third kappa shape index (κ3) is 2.96. The average molecular weight is 273 g/mol. The van der Waals surface area contributed by atoms with Crippen LogP contribution in [0.2, 0.25) is 0 Å². The monoisotopic (exact) mass is 273 g/mol. The van der Waals surface area contributed by atoms with Crippen LogP contribution in [0.1, 0.15) is 36.9 Å². The van der Waals surface area contributed by atoms with Crippen molar-refractivity contribution in [3.8, 4) is 0 Å². The van der Waals surface area contributed by atoms with E-state index in [2.05, 4.69) is 28.4 Å². The summed E-state index contributed by atoms with van der Waals surface area (Å²) in [5.41, 5.74) is 9.59. The highest BCUT2D eigenvalue weighted by atomic mass is 16.2. The lowest BCUT2D eigenvalue weighted by Gasteiger charge is -2.19. The SMILES string of the molecule is CC(N)c1ccc2c(c1)CCN2CC(=O)NCC1CC1. The van der Waals surface area contributed by atoms with E-state index >= 15 is 0 Å². The molecule has 3 rings (SSSR count). The highest BCUT2D eigenvalue weighted by molar-refractivity contribution is 5.82. The lowest BCUT2D eigenvalue weighted by Crippen LogP contribution is -2.37. The number of benzene rings is 1. The first-order chi connectivity index (χ1) is 9.63. The van der Waals surface area contributed by atoms with Gasteiger partial charge in [-0.1, -0.05) is 12.1 Å². The Hall–Kier alpha value is -1.55. The lowest BCUT2D eigenvalue weighted by molar-refractivity contribution is -0.119. The molecule has 1 aliphatic heterocycles. The van der Waals surface area contributed by atoms with Crippen molar-refractivity contribution in [2.45, 2.75) is 32.2 Å². The van der Waals surface area contributed by atoms with Gasteiger partial charge < -0.3 is 16.0 Å². The minimum absolute atomic E-state index is 0.0659. The molecule has 1 unspecified atom stereocenters. The number of fused-ring (bicyclic) bond motifs is 1. The fraction of sp³-hybridized carbons (Fsp3) is 0.562. The smallest absolute Gasteiger partial charge is 0.239 e. The van der Waals surface area contributed by atoms with Crippen LogP contribution in [0.3, 0.4) is 0 Å². The number of anilines is 1. The molecule has 1 saturated carbocycles. The summed E-state index contributed by atoms with van der Waals surface area (Å²) in [6.45, 7) is 4.24. The van der Waals surface area contributed by atoms with Gasteiger partial charge in [0.2, 0.25) is 5.91 Å². The number of nitrogens with one attached hydrogen (secondary N) is 1. The first kappa shape index (κ1) is 13.4. The molecule has 4 heteroatoms. The standard InChI is InChI=1S/C16H23N3O/c1-11(17)13-4-5-15-14(8-13)6-7-19(15)10-16(20)18-9-12-2-3-12/h4-5,8,11-12H,2-3,6-7,9-10,17H2,1H3,(H,18,20). The summed E-state index contributed by atoms with van der Waals surface area (Å²) in [6, 6.07) is 6.43. The molecule has 0 radical (unpaired) electrons. The van der Waals surface area contributed by atoms with E-state index in [0.29, 0.717) is 6.54 Å². The zero-order valence-corrected chi connectivity index (χ0v) is 12.1. The maximum Gasteiger partial charge on any atom is 0.239 e. The quantitative estimate of drug-likeness (QED) is 0.856. The molecule has 1 atom stereocenters. The Balaban J connectivity index is 1.61. The summed E-state index contributed by atoms with van der Waals surface area (Å²) in [6.07, 6.45) is 3.55. The van der Waals surface area contributed by atoms with Gasteiger partial charge in [-0.25, -0.2) is 0 Å². The van der Waals surface area contributed by atoms with Crippen molar-refractivity contribution in [1.82, 2.24) is 5.32 Å². The van der Waals surface area contributed by atoms with Gasteiger partial charge in [0.1, 0.15) is 0 Å². The highest BCUT2D eigenvalue weighted by Gasteiger charge is 2.24. The summed E-state index contributed by atoms with van der Waals surface area (Å²) >= 11 is 0. The second-order valence-electron chi connectivity index (χ2n) is 6.10. The topological polar surface area (TPSA) is 58.4 Å². The molecule has 20 heavy (non-hydrogen) atoms. The van der Waals surface area contributed by atoms with E-state index in [1.807, 2.05) is 6.92 Å². The van der Waals surface area contributed by atoms with Gasteiger partial charge in [-0.15, -0.1) is 0 Å². The normalized spacial score (nSPS) is 18.8. The molecular formula is C16H23N3O. The first-order valence-electron chi connectivity index (χ1n) is 7.53. The van der Waals surface area contributed by atoms with Crippen molar-refractivity contribution >= 4 is 11.6 Å². The second-order valence-corrected chi connectivity index (χ2v) is 6.10. The van der Waals surface area contributed by atoms with E-state index in [0.717, 1.165) is 25.4 Å². The van der Waals surface area contributed by atoms with Crippen LogP contribution in [-0.2, 0) is 11.2 Å². The minimum Gasteiger partial charge on any atom is -0.362 e. The number of carbonyl (C=O) groups excluding carboxylic acids is 1. The number of carbonyl (C=O) groups is 1. The van der Waals surface area contributed by atoms with Gasteiger partial charge in [-0.2, -0.15) is 0 Å². The Morgan fingerprint density at radius 3 is 3.00 bits per heavy atom. The fourth-order valence-electron chi connectivity index (χ4n) is 2.75. The van der Waals surface area contributed by atoms with E-state index in [1.54, 1.807) is 0 Å². The number of rotatable bonds is 5. The molecule has 1 heterocycles. The van der Waals surface area contributed by atoms with E-state index in [9.17, 15) is 4.79 Å². The molecule has 108 valence electrons. The van der Waals surface area contributed by atoms with Gasteiger partial charge in [-0.3, -0.25) is 4.79 Å². The van der Waals surface area contributed by atoms with Crippen molar-refractivity contribution in [2.75, 3.05) is 24.5 Å². The lowest BCUT2D eigenvalue weighted by atomic mass is 10.0. The molecule has 1 amide bonds. The van der Waals surface area contributed by atoms with Crippen molar-refractivity contribution in [3.63, 3.8) is 0 Å². The molecule has 1 fully saturated rings. The van der Waals surface area contributed by atoms with E-state index in [4.69, 9.17) is 5.73 Å². The van der Waals surface area contributed by atoms with Gasteiger partial charge >= 0.3 is 0 Å². The molecule has 1 aromatic rings. The van der Waals surface area contributed by atoms with Crippen LogP contribution in [-0.4, -0.2) is 25.5 Å². The Morgan fingerprint density at radius 1 is 1.50 bits per heavy atom. The van der Waals surface area contributed by atoms with Gasteiger partial charge in [0.25, 0.3) is 0 Å². The molecule has 1 aromatic carbocycles. The zero-order chi connectivity index (χ0) is 14.1. The van der Waals surface area contributed by atoms with E-state index < -0.39 is 0 Å². The van der Waals surface area contributed by atoms with Gasteiger partial charge in [0, 0.05) is 24.8 Å². The summed E-state index contributed by atoms with van der Waals surface area (Å²) in [5.74, 6) is 0.874. The number of hydrogen-bond acceptors (Lipinski definition) is 3.